The van der Waals surface area contributed by atoms with Crippen molar-refractivity contribution in [3.05, 3.63) is 23.3 Å². The molecule has 1 saturated heterocycles. The molecule has 2 aliphatic rings. The van der Waals surface area contributed by atoms with Crippen LogP contribution in [0.4, 0.5) is 10.5 Å². The third-order valence-electron chi connectivity index (χ3n) is 7.11. The molecule has 1 aromatic rings. The van der Waals surface area contributed by atoms with Crippen LogP contribution < -0.4 is 15.0 Å². The number of nitrogens with zero attached hydrogens (tertiary/aromatic N) is 3. The van der Waals surface area contributed by atoms with Crippen LogP contribution in [0.2, 0.25) is 0 Å². The molecule has 4 amide bonds. The van der Waals surface area contributed by atoms with E-state index in [1.54, 1.807) is 30.9 Å². The number of amides is 4. The third kappa shape index (κ3) is 6.03. The molecule has 0 saturated carbocycles. The van der Waals surface area contributed by atoms with Crippen LogP contribution >= 0.6 is 0 Å². The van der Waals surface area contributed by atoms with Gasteiger partial charge in [0.05, 0.1) is 18.3 Å². The van der Waals surface area contributed by atoms with Gasteiger partial charge < -0.3 is 34.6 Å². The maximum absolute atomic E-state index is 14.0. The second kappa shape index (κ2) is 12.0. The molecular formula is C27H40N4O7. The number of ether oxygens (including phenoxy) is 2. The highest BCUT2D eigenvalue weighted by Crippen LogP contribution is 2.40. The van der Waals surface area contributed by atoms with E-state index in [1.165, 1.54) is 16.9 Å². The van der Waals surface area contributed by atoms with Gasteiger partial charge in [-0.2, -0.15) is 0 Å². The van der Waals surface area contributed by atoms with Gasteiger partial charge in [0.15, 0.2) is 0 Å². The van der Waals surface area contributed by atoms with E-state index < -0.39 is 11.7 Å². The zero-order valence-electron chi connectivity index (χ0n) is 23.2. The van der Waals surface area contributed by atoms with Crippen molar-refractivity contribution in [2.75, 3.05) is 44.8 Å². The lowest BCUT2D eigenvalue weighted by Gasteiger charge is -2.42. The number of fused-ring (bicyclic) bond motifs is 1. The number of likely N-dealkylation sites (tertiary alicyclic amines) is 1. The van der Waals surface area contributed by atoms with Gasteiger partial charge in [-0.3, -0.25) is 14.4 Å². The number of hydrogen-bond donors (Lipinski definition) is 2. The van der Waals surface area contributed by atoms with E-state index in [4.69, 9.17) is 9.47 Å². The van der Waals surface area contributed by atoms with Gasteiger partial charge in [0.25, 0.3) is 11.8 Å². The number of carbonyl (C=O) groups is 4. The molecule has 11 nitrogen and oxygen atoms in total. The molecule has 38 heavy (non-hydrogen) atoms. The van der Waals surface area contributed by atoms with Gasteiger partial charge in [-0.15, -0.1) is 0 Å². The minimum absolute atomic E-state index is 0.0334. The molecule has 1 fully saturated rings. The van der Waals surface area contributed by atoms with Crippen molar-refractivity contribution in [2.24, 2.45) is 0 Å². The van der Waals surface area contributed by atoms with Crippen molar-refractivity contribution in [1.82, 2.24) is 15.1 Å². The number of hydrogen-bond acceptors (Lipinski definition) is 6. The van der Waals surface area contributed by atoms with Gasteiger partial charge in [-0.25, -0.2) is 4.79 Å². The van der Waals surface area contributed by atoms with Crippen molar-refractivity contribution in [1.29, 1.82) is 0 Å². The molecule has 2 N–H and O–H groups in total. The van der Waals surface area contributed by atoms with Crippen LogP contribution in [0.3, 0.4) is 0 Å². The summed E-state index contributed by atoms with van der Waals surface area (Å²) < 4.78 is 11.4. The number of nitrogens with one attached hydrogen (secondary N) is 1. The van der Waals surface area contributed by atoms with Gasteiger partial charge >= 0.3 is 6.09 Å². The number of carboxylic acid groups (broad SMARTS) is 1. The van der Waals surface area contributed by atoms with Crippen LogP contribution in [0.25, 0.3) is 0 Å². The Morgan fingerprint density at radius 1 is 1.32 bits per heavy atom. The van der Waals surface area contributed by atoms with Gasteiger partial charge in [0.2, 0.25) is 11.5 Å². The zero-order chi connectivity index (χ0) is 28.2. The van der Waals surface area contributed by atoms with Crippen molar-refractivity contribution in [3.63, 3.8) is 0 Å². The highest BCUT2D eigenvalue weighted by molar-refractivity contribution is 6.05. The molecule has 0 aliphatic carbocycles. The predicted octanol–water partition coefficient (Wildman–Crippen LogP) is 2.64. The summed E-state index contributed by atoms with van der Waals surface area (Å²) in [6, 6.07) is 3.00. The lowest BCUT2D eigenvalue weighted by molar-refractivity contribution is -0.138. The molecule has 0 bridgehead atoms. The summed E-state index contributed by atoms with van der Waals surface area (Å²) in [4.78, 5) is 55.6. The Morgan fingerprint density at radius 2 is 2.03 bits per heavy atom. The van der Waals surface area contributed by atoms with Crippen LogP contribution in [-0.4, -0.2) is 96.3 Å². The van der Waals surface area contributed by atoms with Crippen LogP contribution in [0, 0.1) is 6.92 Å². The number of benzene rings is 1. The van der Waals surface area contributed by atoms with E-state index >= 15 is 0 Å². The Hall–Kier alpha value is -3.34. The van der Waals surface area contributed by atoms with Crippen molar-refractivity contribution in [2.45, 2.75) is 71.6 Å². The summed E-state index contributed by atoms with van der Waals surface area (Å²) in [6.07, 6.45) is 0.723. The average molecular weight is 533 g/mol. The van der Waals surface area contributed by atoms with Gasteiger partial charge in [0, 0.05) is 51.3 Å². The number of piperidine rings is 1. The quantitative estimate of drug-likeness (QED) is 0.500. The molecule has 3 rings (SSSR count). The number of methoxy groups -OCH3 is 1. The standard InChI is InChI=1S/C27H40N4O7/c1-7-23(32)28-10-12-30-21-14-20(18(4)13-22(21)38-27(5,16-37-6)25(30)34)24(33)31(17(2)3)19-9-8-11-29(15-19)26(35)36/h13-14,17,19H,7-12,15-16H2,1-6H3,(H,28,32)(H,35,36)/t19-,27+/m1/s1. The summed E-state index contributed by atoms with van der Waals surface area (Å²) >= 11 is 0. The molecule has 210 valence electrons. The van der Waals surface area contributed by atoms with E-state index in [1.807, 2.05) is 20.8 Å². The monoisotopic (exact) mass is 532 g/mol. The van der Waals surface area contributed by atoms with Gasteiger partial charge in [0.1, 0.15) is 5.75 Å². The first-order valence-electron chi connectivity index (χ1n) is 13.1. The molecule has 0 unspecified atom stereocenters. The molecule has 2 atom stereocenters. The second-order valence-corrected chi connectivity index (χ2v) is 10.4. The van der Waals surface area contributed by atoms with Gasteiger partial charge in [-0.05, 0) is 58.2 Å². The second-order valence-electron chi connectivity index (χ2n) is 10.4. The van der Waals surface area contributed by atoms with E-state index in [2.05, 4.69) is 5.32 Å². The Labute approximate surface area is 224 Å². The molecule has 11 heteroatoms. The maximum atomic E-state index is 14.0. The number of anilines is 1. The first-order chi connectivity index (χ1) is 17.9. The topological polar surface area (TPSA) is 129 Å². The number of rotatable bonds is 9. The number of aryl methyl sites for hydroxylation is 1. The minimum Gasteiger partial charge on any atom is -0.473 e. The SMILES string of the molecule is CCC(=O)NCCN1C(=O)[C@](C)(COC)Oc2cc(C)c(C(=O)N(C(C)C)[C@@H]3CCCN(C(=O)O)C3)cc21. The lowest BCUT2D eigenvalue weighted by Crippen LogP contribution is -2.58. The minimum atomic E-state index is -1.26. The van der Waals surface area contributed by atoms with Crippen LogP contribution in [0.15, 0.2) is 12.1 Å². The van der Waals surface area contributed by atoms with Crippen molar-refractivity contribution in [3.8, 4) is 5.75 Å². The fraction of sp³-hybridized carbons (Fsp3) is 0.630. The van der Waals surface area contributed by atoms with Gasteiger partial charge in [-0.1, -0.05) is 6.92 Å². The highest BCUT2D eigenvalue weighted by atomic mass is 16.5. The maximum Gasteiger partial charge on any atom is 0.407 e. The summed E-state index contributed by atoms with van der Waals surface area (Å²) in [7, 11) is 1.49. The summed E-state index contributed by atoms with van der Waals surface area (Å²) in [5, 5.41) is 12.3. The lowest BCUT2D eigenvalue weighted by atomic mass is 9.97. The number of carbonyl (C=O) groups excluding carboxylic acids is 3. The molecule has 0 aromatic heterocycles. The Balaban J connectivity index is 1.99. The fourth-order valence-corrected chi connectivity index (χ4v) is 5.21. The molecule has 0 spiro atoms. The van der Waals surface area contributed by atoms with Crippen molar-refractivity contribution >= 4 is 29.5 Å². The average Bonchev–Trinajstić information content (AvgIpc) is 2.86. The Bertz CT molecular complexity index is 1080. The zero-order valence-corrected chi connectivity index (χ0v) is 23.2. The van der Waals surface area contributed by atoms with E-state index in [0.717, 1.165) is 0 Å². The van der Waals surface area contributed by atoms with Crippen LogP contribution in [0.5, 0.6) is 5.75 Å². The summed E-state index contributed by atoms with van der Waals surface area (Å²) in [6.45, 7) is 10.2. The fourth-order valence-electron chi connectivity index (χ4n) is 5.21. The Kier molecular flexibility index (Phi) is 9.24. The van der Waals surface area contributed by atoms with Crippen molar-refractivity contribution < 1.29 is 33.8 Å². The van der Waals surface area contributed by atoms with E-state index in [-0.39, 0.29) is 56.0 Å². The molecule has 2 aliphatic heterocycles. The summed E-state index contributed by atoms with van der Waals surface area (Å²) in [5.74, 6) is -0.231. The third-order valence-corrected chi connectivity index (χ3v) is 7.11. The predicted molar refractivity (Wildman–Crippen MR) is 142 cm³/mol. The first-order valence-corrected chi connectivity index (χ1v) is 13.1. The highest BCUT2D eigenvalue weighted by Gasteiger charge is 2.45. The van der Waals surface area contributed by atoms with Crippen LogP contribution in [0.1, 0.15) is 62.9 Å². The molecule has 2 heterocycles. The van der Waals surface area contributed by atoms with Crippen LogP contribution in [-0.2, 0) is 14.3 Å². The first kappa shape index (κ1) is 29.2. The largest absolute Gasteiger partial charge is 0.473 e. The molecule has 1 aromatic carbocycles. The van der Waals surface area contributed by atoms with E-state index in [0.29, 0.717) is 48.4 Å². The normalized spacial score (nSPS) is 21.1. The molecule has 0 radical (unpaired) electrons. The van der Waals surface area contributed by atoms with E-state index in [9.17, 15) is 24.3 Å². The summed E-state index contributed by atoms with van der Waals surface area (Å²) in [5.41, 5.74) is 0.279. The molecular weight excluding hydrogens is 492 g/mol. The smallest absolute Gasteiger partial charge is 0.407 e. The Morgan fingerprint density at radius 3 is 2.63 bits per heavy atom.